The van der Waals surface area contributed by atoms with Crippen LogP contribution in [-0.2, 0) is 4.79 Å². The zero-order valence-corrected chi connectivity index (χ0v) is 15.5. The quantitative estimate of drug-likeness (QED) is 0.757. The van der Waals surface area contributed by atoms with Gasteiger partial charge in [0.25, 0.3) is 0 Å². The summed E-state index contributed by atoms with van der Waals surface area (Å²) in [6, 6.07) is 8.70. The van der Waals surface area contributed by atoms with Crippen LogP contribution in [0.15, 0.2) is 29.2 Å². The highest BCUT2D eigenvalue weighted by molar-refractivity contribution is 7.99. The predicted octanol–water partition coefficient (Wildman–Crippen LogP) is 4.92. The van der Waals surface area contributed by atoms with Gasteiger partial charge in [-0.1, -0.05) is 18.2 Å². The lowest BCUT2D eigenvalue weighted by Gasteiger charge is -2.59. The van der Waals surface area contributed by atoms with Gasteiger partial charge in [-0.3, -0.25) is 4.79 Å². The van der Waals surface area contributed by atoms with Crippen LogP contribution in [0.1, 0.15) is 56.6 Å². The highest BCUT2D eigenvalue weighted by Crippen LogP contribution is 2.64. The van der Waals surface area contributed by atoms with Crippen LogP contribution in [0.2, 0.25) is 0 Å². The molecule has 3 atom stereocenters. The van der Waals surface area contributed by atoms with Gasteiger partial charge in [0.2, 0.25) is 5.91 Å². The lowest BCUT2D eigenvalue weighted by atomic mass is 9.49. The summed E-state index contributed by atoms with van der Waals surface area (Å²) in [6.45, 7) is 0. The van der Waals surface area contributed by atoms with Crippen molar-refractivity contribution in [2.45, 2.75) is 60.8 Å². The third-order valence-electron chi connectivity index (χ3n) is 6.74. The van der Waals surface area contributed by atoms with Crippen LogP contribution in [0.4, 0.5) is 0 Å². The summed E-state index contributed by atoms with van der Waals surface area (Å²) >= 11 is 8.81. The van der Waals surface area contributed by atoms with Crippen LogP contribution in [0.25, 0.3) is 0 Å². The highest BCUT2D eigenvalue weighted by atomic mass is 35.5. The van der Waals surface area contributed by atoms with Gasteiger partial charge in [-0.05, 0) is 68.4 Å². The Hall–Kier alpha value is -0.670. The molecule has 5 aliphatic rings. The molecule has 1 amide bonds. The van der Waals surface area contributed by atoms with Crippen LogP contribution in [0.5, 0.6) is 0 Å². The number of hydrogen-bond donors (Lipinski definition) is 1. The number of hydrogen-bond acceptors (Lipinski definition) is 2. The summed E-state index contributed by atoms with van der Waals surface area (Å²) in [7, 11) is 0. The SMILES string of the molecule is O=C(N[C@H]1CCSc2ccccc21)C12C[C@H]3C[C@@H](CC(Cl)(C3)C1)C2. The second-order valence-electron chi connectivity index (χ2n) is 8.59. The van der Waals surface area contributed by atoms with E-state index < -0.39 is 0 Å². The maximum absolute atomic E-state index is 13.3. The Labute approximate surface area is 153 Å². The van der Waals surface area contributed by atoms with Gasteiger partial charge in [0, 0.05) is 15.5 Å². The van der Waals surface area contributed by atoms with Gasteiger partial charge in [-0.15, -0.1) is 23.4 Å². The molecule has 4 bridgehead atoms. The Balaban J connectivity index is 1.40. The minimum atomic E-state index is -0.189. The highest BCUT2D eigenvalue weighted by Gasteiger charge is 2.60. The molecule has 0 radical (unpaired) electrons. The summed E-state index contributed by atoms with van der Waals surface area (Å²) in [5.41, 5.74) is 1.11. The second kappa shape index (κ2) is 5.41. The van der Waals surface area contributed by atoms with Crippen LogP contribution in [0, 0.1) is 17.3 Å². The van der Waals surface area contributed by atoms with Crippen LogP contribution in [-0.4, -0.2) is 16.5 Å². The Morgan fingerprint density at radius 1 is 1.17 bits per heavy atom. The fourth-order valence-corrected chi connectivity index (χ4v) is 8.04. The smallest absolute Gasteiger partial charge is 0.226 e. The molecule has 1 aromatic rings. The topological polar surface area (TPSA) is 29.1 Å². The number of nitrogens with one attached hydrogen (secondary N) is 1. The summed E-state index contributed by atoms with van der Waals surface area (Å²) in [6.07, 6.45) is 7.60. The maximum Gasteiger partial charge on any atom is 0.226 e. The molecule has 1 N–H and O–H groups in total. The third-order valence-corrected chi connectivity index (χ3v) is 8.30. The van der Waals surface area contributed by atoms with Crippen molar-refractivity contribution in [3.63, 3.8) is 0 Å². The first-order chi connectivity index (χ1) is 11.6. The molecule has 1 aliphatic heterocycles. The van der Waals surface area contributed by atoms with Crippen molar-refractivity contribution in [1.82, 2.24) is 5.32 Å². The van der Waals surface area contributed by atoms with Crippen molar-refractivity contribution in [3.8, 4) is 0 Å². The van der Waals surface area contributed by atoms with Gasteiger partial charge >= 0.3 is 0 Å². The first kappa shape index (κ1) is 15.6. The van der Waals surface area contributed by atoms with E-state index in [0.717, 1.165) is 44.3 Å². The van der Waals surface area contributed by atoms with E-state index in [2.05, 4.69) is 29.6 Å². The molecule has 4 saturated carbocycles. The predicted molar refractivity (Wildman–Crippen MR) is 98.4 cm³/mol. The molecule has 4 fully saturated rings. The minimum absolute atomic E-state index is 0.0955. The van der Waals surface area contributed by atoms with Crippen molar-refractivity contribution in [1.29, 1.82) is 0 Å². The maximum atomic E-state index is 13.3. The van der Waals surface area contributed by atoms with Crippen LogP contribution < -0.4 is 5.32 Å². The molecular weight excluding hydrogens is 338 g/mol. The van der Waals surface area contributed by atoms with E-state index in [-0.39, 0.29) is 22.2 Å². The fraction of sp³-hybridized carbons (Fsp3) is 0.650. The summed E-state index contributed by atoms with van der Waals surface area (Å²) in [4.78, 5) is 14.6. The Bertz CT molecular complexity index is 676. The van der Waals surface area contributed by atoms with E-state index in [1.165, 1.54) is 16.9 Å². The number of benzene rings is 1. The van der Waals surface area contributed by atoms with E-state index >= 15 is 0 Å². The van der Waals surface area contributed by atoms with Gasteiger partial charge < -0.3 is 5.32 Å². The molecule has 4 aliphatic carbocycles. The van der Waals surface area contributed by atoms with E-state index in [1.54, 1.807) is 0 Å². The first-order valence-electron chi connectivity index (χ1n) is 9.27. The summed E-state index contributed by atoms with van der Waals surface area (Å²) < 4.78 is 0. The summed E-state index contributed by atoms with van der Waals surface area (Å²) in [5, 5.41) is 3.44. The number of halogens is 1. The van der Waals surface area contributed by atoms with Gasteiger partial charge in [-0.25, -0.2) is 0 Å². The molecule has 0 unspecified atom stereocenters. The molecule has 0 aromatic heterocycles. The minimum Gasteiger partial charge on any atom is -0.349 e. The molecule has 2 nitrogen and oxygen atoms in total. The number of amides is 1. The van der Waals surface area contributed by atoms with Crippen molar-refractivity contribution >= 4 is 29.3 Å². The average molecular weight is 362 g/mol. The molecule has 1 heterocycles. The van der Waals surface area contributed by atoms with E-state index in [4.69, 9.17) is 11.6 Å². The molecule has 6 rings (SSSR count). The van der Waals surface area contributed by atoms with Crippen LogP contribution in [0.3, 0.4) is 0 Å². The van der Waals surface area contributed by atoms with Crippen LogP contribution >= 0.6 is 23.4 Å². The van der Waals surface area contributed by atoms with Gasteiger partial charge in [-0.2, -0.15) is 0 Å². The van der Waals surface area contributed by atoms with Crippen molar-refractivity contribution in [2.75, 3.05) is 5.75 Å². The number of fused-ring (bicyclic) bond motifs is 1. The summed E-state index contributed by atoms with van der Waals surface area (Å²) in [5.74, 6) is 2.71. The molecule has 128 valence electrons. The third kappa shape index (κ3) is 2.42. The van der Waals surface area contributed by atoms with E-state index in [0.29, 0.717) is 11.8 Å². The number of rotatable bonds is 2. The van der Waals surface area contributed by atoms with Gasteiger partial charge in [0.1, 0.15) is 0 Å². The molecule has 1 aromatic carbocycles. The Morgan fingerprint density at radius 2 is 1.92 bits per heavy atom. The number of carbonyl (C=O) groups is 1. The zero-order valence-electron chi connectivity index (χ0n) is 13.9. The van der Waals surface area contributed by atoms with Crippen molar-refractivity contribution < 1.29 is 4.79 Å². The van der Waals surface area contributed by atoms with E-state index in [1.807, 2.05) is 11.8 Å². The lowest BCUT2D eigenvalue weighted by molar-refractivity contribution is -0.145. The lowest BCUT2D eigenvalue weighted by Crippen LogP contribution is -2.58. The molecule has 0 saturated heterocycles. The van der Waals surface area contributed by atoms with Gasteiger partial charge in [0.15, 0.2) is 0 Å². The van der Waals surface area contributed by atoms with E-state index in [9.17, 15) is 4.79 Å². The molecule has 0 spiro atoms. The number of carbonyl (C=O) groups excluding carboxylic acids is 1. The standard InChI is InChI=1S/C20H24ClNOS/c21-20-10-13-7-14(11-20)9-19(8-13,12-20)18(23)22-16-5-6-24-17-4-2-1-3-15(16)17/h1-4,13-14,16H,5-12H2,(H,22,23)/t13-,14-,16+,19?,20?/m1/s1. The number of alkyl halides is 1. The zero-order chi connectivity index (χ0) is 16.4. The number of thioether (sulfide) groups is 1. The normalized spacial score (nSPS) is 42.6. The molecule has 4 heteroatoms. The fourth-order valence-electron chi connectivity index (χ4n) is 6.22. The molecular formula is C20H24ClNOS. The van der Waals surface area contributed by atoms with Crippen molar-refractivity contribution in [2.24, 2.45) is 17.3 Å². The Kier molecular flexibility index (Phi) is 3.51. The monoisotopic (exact) mass is 361 g/mol. The largest absolute Gasteiger partial charge is 0.349 e. The van der Waals surface area contributed by atoms with Crippen molar-refractivity contribution in [3.05, 3.63) is 29.8 Å². The van der Waals surface area contributed by atoms with Gasteiger partial charge in [0.05, 0.1) is 11.5 Å². The average Bonchev–Trinajstić information content (AvgIpc) is 2.53. The first-order valence-corrected chi connectivity index (χ1v) is 10.6. The molecule has 24 heavy (non-hydrogen) atoms. The second-order valence-corrected chi connectivity index (χ2v) is 10.5. The Morgan fingerprint density at radius 3 is 2.67 bits per heavy atom.